The minimum absolute atomic E-state index is 0.0960. The Balaban J connectivity index is 1.78. The first-order valence-corrected chi connectivity index (χ1v) is 11.7. The maximum absolute atomic E-state index is 13.3. The van der Waals surface area contributed by atoms with Gasteiger partial charge in [0.05, 0.1) is 32.1 Å². The third-order valence-electron chi connectivity index (χ3n) is 4.87. The summed E-state index contributed by atoms with van der Waals surface area (Å²) in [6.07, 6.45) is 0. The number of anilines is 1. The van der Waals surface area contributed by atoms with E-state index in [1.54, 1.807) is 26.0 Å². The number of sulfonamides is 1. The van der Waals surface area contributed by atoms with Crippen LogP contribution in [0.15, 0.2) is 51.2 Å². The summed E-state index contributed by atoms with van der Waals surface area (Å²) in [5.74, 6) is -0.404. The van der Waals surface area contributed by atoms with Gasteiger partial charge in [0, 0.05) is 19.8 Å². The van der Waals surface area contributed by atoms with Gasteiger partial charge in [0.25, 0.3) is 11.6 Å². The molecule has 0 aliphatic carbocycles. The number of amides is 1. The Morgan fingerprint density at radius 3 is 2.61 bits per heavy atom. The second-order valence-corrected chi connectivity index (χ2v) is 10.3. The van der Waals surface area contributed by atoms with Crippen molar-refractivity contribution in [1.29, 1.82) is 0 Å². The zero-order chi connectivity index (χ0) is 22.3. The van der Waals surface area contributed by atoms with E-state index in [2.05, 4.69) is 15.5 Å². The lowest BCUT2D eigenvalue weighted by Gasteiger charge is -2.15. The zero-order valence-electron chi connectivity index (χ0n) is 17.3. The van der Waals surface area contributed by atoms with Gasteiger partial charge in [0.15, 0.2) is 0 Å². The van der Waals surface area contributed by atoms with Crippen LogP contribution in [0, 0.1) is 13.8 Å². The number of fused-ring (bicyclic) bond motifs is 1. The van der Waals surface area contributed by atoms with Crippen LogP contribution < -0.4 is 5.32 Å². The summed E-state index contributed by atoms with van der Waals surface area (Å²) in [4.78, 5) is 18.8. The predicted molar refractivity (Wildman–Crippen MR) is 120 cm³/mol. The van der Waals surface area contributed by atoms with Crippen LogP contribution in [-0.4, -0.2) is 42.9 Å². The summed E-state index contributed by atoms with van der Waals surface area (Å²) in [6.45, 7) is 3.54. The lowest BCUT2D eigenvalue weighted by atomic mass is 10.1. The third kappa shape index (κ3) is 3.85. The van der Waals surface area contributed by atoms with Crippen LogP contribution in [0.5, 0.6) is 0 Å². The van der Waals surface area contributed by atoms with E-state index in [-0.39, 0.29) is 10.6 Å². The molecule has 3 heterocycles. The molecule has 0 saturated heterocycles. The van der Waals surface area contributed by atoms with E-state index in [1.807, 2.05) is 17.5 Å². The highest BCUT2D eigenvalue weighted by atomic mass is 32.2. The van der Waals surface area contributed by atoms with Gasteiger partial charge in [-0.15, -0.1) is 11.3 Å². The van der Waals surface area contributed by atoms with Gasteiger partial charge >= 0.3 is 0 Å². The van der Waals surface area contributed by atoms with Gasteiger partial charge in [-0.2, -0.15) is 0 Å². The van der Waals surface area contributed by atoms with Gasteiger partial charge in [-0.3, -0.25) is 4.79 Å². The van der Waals surface area contributed by atoms with Crippen LogP contribution in [0.25, 0.3) is 21.7 Å². The molecule has 0 aliphatic heterocycles. The van der Waals surface area contributed by atoms with Crippen LogP contribution >= 0.6 is 11.3 Å². The zero-order valence-corrected chi connectivity index (χ0v) is 19.0. The van der Waals surface area contributed by atoms with Crippen molar-refractivity contribution in [3.8, 4) is 10.6 Å². The Labute approximate surface area is 183 Å². The molecule has 31 heavy (non-hydrogen) atoms. The highest BCUT2D eigenvalue weighted by Crippen LogP contribution is 2.30. The van der Waals surface area contributed by atoms with Crippen LogP contribution in [0.1, 0.15) is 21.6 Å². The average molecular weight is 457 g/mol. The standard InChI is InChI=1S/C21H20N4O4S2/c1-12-7-8-14(31(27,28)25(3)4)10-16(12)22-20(26)15-11-17(18-6-5-9-30-18)23-21-19(15)13(2)24-29-21/h5-11H,1-4H3,(H,22,26). The van der Waals surface area contributed by atoms with Crippen molar-refractivity contribution in [2.24, 2.45) is 0 Å². The summed E-state index contributed by atoms with van der Waals surface area (Å²) in [5.41, 5.74) is 2.92. The molecule has 0 atom stereocenters. The topological polar surface area (TPSA) is 105 Å². The van der Waals surface area contributed by atoms with Crippen LogP contribution in [0.3, 0.4) is 0 Å². The van der Waals surface area contributed by atoms with Crippen molar-refractivity contribution >= 4 is 44.1 Å². The van der Waals surface area contributed by atoms with E-state index in [0.717, 1.165) is 14.7 Å². The summed E-state index contributed by atoms with van der Waals surface area (Å²) in [6, 6.07) is 10.1. The molecule has 0 saturated carbocycles. The number of carbonyl (C=O) groups excluding carboxylic acids is 1. The van der Waals surface area contributed by atoms with E-state index in [1.165, 1.54) is 37.6 Å². The number of thiophene rings is 1. The molecule has 0 spiro atoms. The first kappa shape index (κ1) is 21.2. The number of carbonyl (C=O) groups is 1. The van der Waals surface area contributed by atoms with Gasteiger partial charge in [-0.1, -0.05) is 17.3 Å². The Bertz CT molecular complexity index is 1390. The lowest BCUT2D eigenvalue weighted by Crippen LogP contribution is -2.22. The van der Waals surface area contributed by atoms with Crippen LogP contribution in [-0.2, 0) is 10.0 Å². The number of rotatable bonds is 5. The van der Waals surface area contributed by atoms with Crippen molar-refractivity contribution in [3.63, 3.8) is 0 Å². The van der Waals surface area contributed by atoms with Gasteiger partial charge < -0.3 is 9.84 Å². The minimum Gasteiger partial charge on any atom is -0.335 e. The monoisotopic (exact) mass is 456 g/mol. The Morgan fingerprint density at radius 2 is 1.94 bits per heavy atom. The number of nitrogens with one attached hydrogen (secondary N) is 1. The molecule has 0 unspecified atom stereocenters. The second kappa shape index (κ2) is 7.88. The molecule has 3 aromatic heterocycles. The van der Waals surface area contributed by atoms with E-state index >= 15 is 0 Å². The number of hydrogen-bond donors (Lipinski definition) is 1. The number of hydrogen-bond acceptors (Lipinski definition) is 7. The van der Waals surface area contributed by atoms with Gasteiger partial charge in [-0.25, -0.2) is 17.7 Å². The number of pyridine rings is 1. The number of benzene rings is 1. The Morgan fingerprint density at radius 1 is 1.16 bits per heavy atom. The summed E-state index contributed by atoms with van der Waals surface area (Å²) in [7, 11) is -0.716. The summed E-state index contributed by atoms with van der Waals surface area (Å²) in [5, 5.41) is 9.24. The van der Waals surface area contributed by atoms with Gasteiger partial charge in [0.2, 0.25) is 10.0 Å². The van der Waals surface area contributed by atoms with Crippen molar-refractivity contribution in [1.82, 2.24) is 14.4 Å². The fraction of sp³-hybridized carbons (Fsp3) is 0.190. The number of nitrogens with zero attached hydrogens (tertiary/aromatic N) is 3. The van der Waals surface area contributed by atoms with Gasteiger partial charge in [0.1, 0.15) is 0 Å². The molecular weight excluding hydrogens is 436 g/mol. The molecule has 1 amide bonds. The van der Waals surface area contributed by atoms with E-state index in [0.29, 0.717) is 28.0 Å². The molecule has 160 valence electrons. The Hall–Kier alpha value is -3.08. The molecular formula is C21H20N4O4S2. The number of aromatic nitrogens is 2. The van der Waals surface area contributed by atoms with Crippen molar-refractivity contribution in [2.75, 3.05) is 19.4 Å². The SMILES string of the molecule is Cc1ccc(S(=O)(=O)N(C)C)cc1NC(=O)c1cc(-c2cccs2)nc2onc(C)c12. The van der Waals surface area contributed by atoms with Crippen LogP contribution in [0.2, 0.25) is 0 Å². The smallest absolute Gasteiger partial charge is 0.259 e. The van der Waals surface area contributed by atoms with Crippen molar-refractivity contribution < 1.29 is 17.7 Å². The molecule has 0 fully saturated rings. The van der Waals surface area contributed by atoms with E-state index in [4.69, 9.17) is 4.52 Å². The van der Waals surface area contributed by atoms with Crippen molar-refractivity contribution in [2.45, 2.75) is 18.7 Å². The summed E-state index contributed by atoms with van der Waals surface area (Å²) < 4.78 is 31.4. The predicted octanol–water partition coefficient (Wildman–Crippen LogP) is 4.07. The average Bonchev–Trinajstić information content (AvgIpc) is 3.39. The minimum atomic E-state index is -3.64. The molecule has 0 bridgehead atoms. The fourth-order valence-corrected chi connectivity index (χ4v) is 4.74. The van der Waals surface area contributed by atoms with E-state index in [9.17, 15) is 13.2 Å². The molecule has 1 N–H and O–H groups in total. The highest BCUT2D eigenvalue weighted by molar-refractivity contribution is 7.89. The molecule has 4 aromatic rings. The van der Waals surface area contributed by atoms with Gasteiger partial charge in [-0.05, 0) is 49.1 Å². The quantitative estimate of drug-likeness (QED) is 0.485. The van der Waals surface area contributed by atoms with Crippen molar-refractivity contribution in [3.05, 3.63) is 58.6 Å². The molecule has 0 aliphatic rings. The second-order valence-electron chi connectivity index (χ2n) is 7.20. The normalized spacial score (nSPS) is 11.9. The maximum Gasteiger partial charge on any atom is 0.259 e. The molecule has 10 heteroatoms. The number of aryl methyl sites for hydroxylation is 2. The summed E-state index contributed by atoms with van der Waals surface area (Å²) >= 11 is 1.50. The fourth-order valence-electron chi connectivity index (χ4n) is 3.12. The molecule has 4 rings (SSSR count). The first-order valence-electron chi connectivity index (χ1n) is 9.34. The van der Waals surface area contributed by atoms with E-state index < -0.39 is 15.9 Å². The maximum atomic E-state index is 13.3. The van der Waals surface area contributed by atoms with Crippen LogP contribution in [0.4, 0.5) is 5.69 Å². The third-order valence-corrected chi connectivity index (χ3v) is 7.57. The highest BCUT2D eigenvalue weighted by Gasteiger charge is 2.22. The molecule has 0 radical (unpaired) electrons. The lowest BCUT2D eigenvalue weighted by molar-refractivity contribution is 0.102. The molecule has 1 aromatic carbocycles. The largest absolute Gasteiger partial charge is 0.335 e. The first-order chi connectivity index (χ1) is 14.7. The molecule has 8 nitrogen and oxygen atoms in total. The Kier molecular flexibility index (Phi) is 5.38.